The number of methoxy groups -OCH3 is 1. The van der Waals surface area contributed by atoms with Gasteiger partial charge < -0.3 is 4.74 Å². The van der Waals surface area contributed by atoms with Crippen LogP contribution >= 0.6 is 0 Å². The standard InChI is InChI=1S/C9H13F3N2O/c1-8(2,3)14-7(9(10,11)12)6(15-4)5-13-14/h5H,1-4H3. The second-order valence-corrected chi connectivity index (χ2v) is 4.14. The number of aromatic nitrogens is 2. The second kappa shape index (κ2) is 3.43. The Hall–Kier alpha value is -1.20. The number of hydrogen-bond acceptors (Lipinski definition) is 2. The van der Waals surface area contributed by atoms with Crippen LogP contribution in [0.2, 0.25) is 0 Å². The predicted octanol–water partition coefficient (Wildman–Crippen LogP) is 2.67. The number of ether oxygens (including phenoxy) is 1. The van der Waals surface area contributed by atoms with Gasteiger partial charge in [-0.3, -0.25) is 4.68 Å². The summed E-state index contributed by atoms with van der Waals surface area (Å²) in [7, 11) is 1.19. The average molecular weight is 222 g/mol. The van der Waals surface area contributed by atoms with Crippen LogP contribution in [0.3, 0.4) is 0 Å². The molecule has 0 aliphatic carbocycles. The summed E-state index contributed by atoms with van der Waals surface area (Å²) in [4.78, 5) is 0. The van der Waals surface area contributed by atoms with Gasteiger partial charge in [0.25, 0.3) is 0 Å². The highest BCUT2D eigenvalue weighted by Crippen LogP contribution is 2.38. The largest absolute Gasteiger partial charge is 0.493 e. The highest BCUT2D eigenvalue weighted by molar-refractivity contribution is 5.28. The van der Waals surface area contributed by atoms with Crippen molar-refractivity contribution < 1.29 is 17.9 Å². The summed E-state index contributed by atoms with van der Waals surface area (Å²) in [6.45, 7) is 4.94. The van der Waals surface area contributed by atoms with Crippen molar-refractivity contribution in [1.82, 2.24) is 9.78 Å². The third-order valence-corrected chi connectivity index (χ3v) is 1.86. The molecule has 6 heteroatoms. The van der Waals surface area contributed by atoms with Crippen LogP contribution in [-0.4, -0.2) is 16.9 Å². The first-order valence-electron chi connectivity index (χ1n) is 4.37. The molecule has 3 nitrogen and oxygen atoms in total. The monoisotopic (exact) mass is 222 g/mol. The Kier molecular flexibility index (Phi) is 2.71. The molecule has 0 aliphatic rings. The van der Waals surface area contributed by atoms with E-state index >= 15 is 0 Å². The Bertz CT molecular complexity index is 349. The molecule has 15 heavy (non-hydrogen) atoms. The minimum absolute atomic E-state index is 0.252. The van der Waals surface area contributed by atoms with Crippen molar-refractivity contribution in [3.63, 3.8) is 0 Å². The SMILES string of the molecule is COc1cnn(C(C)(C)C)c1C(F)(F)F. The highest BCUT2D eigenvalue weighted by Gasteiger charge is 2.41. The van der Waals surface area contributed by atoms with Gasteiger partial charge >= 0.3 is 6.18 Å². The van der Waals surface area contributed by atoms with E-state index in [1.165, 1.54) is 7.11 Å². The molecule has 0 spiro atoms. The molecule has 1 aromatic heterocycles. The summed E-state index contributed by atoms with van der Waals surface area (Å²) in [6, 6.07) is 0. The Morgan fingerprint density at radius 2 is 1.80 bits per heavy atom. The summed E-state index contributed by atoms with van der Waals surface area (Å²) < 4.78 is 43.7. The summed E-state index contributed by atoms with van der Waals surface area (Å²) in [5.74, 6) is -0.252. The Balaban J connectivity index is 3.37. The van der Waals surface area contributed by atoms with E-state index < -0.39 is 17.4 Å². The van der Waals surface area contributed by atoms with Crippen molar-refractivity contribution in [2.45, 2.75) is 32.5 Å². The molecule has 0 amide bonds. The van der Waals surface area contributed by atoms with E-state index in [2.05, 4.69) is 9.84 Å². The molecule has 1 rings (SSSR count). The molecule has 0 saturated heterocycles. The van der Waals surface area contributed by atoms with Crippen molar-refractivity contribution in [3.8, 4) is 5.75 Å². The first-order chi connectivity index (χ1) is 6.68. The van der Waals surface area contributed by atoms with E-state index in [1.54, 1.807) is 20.8 Å². The lowest BCUT2D eigenvalue weighted by Gasteiger charge is -2.23. The zero-order valence-electron chi connectivity index (χ0n) is 9.01. The predicted molar refractivity (Wildman–Crippen MR) is 48.8 cm³/mol. The fourth-order valence-electron chi connectivity index (χ4n) is 1.25. The van der Waals surface area contributed by atoms with Gasteiger partial charge in [-0.2, -0.15) is 18.3 Å². The lowest BCUT2D eigenvalue weighted by molar-refractivity contribution is -0.147. The maximum Gasteiger partial charge on any atom is 0.436 e. The van der Waals surface area contributed by atoms with Gasteiger partial charge in [-0.15, -0.1) is 0 Å². The van der Waals surface area contributed by atoms with E-state index in [9.17, 15) is 13.2 Å². The van der Waals surface area contributed by atoms with Crippen molar-refractivity contribution in [3.05, 3.63) is 11.9 Å². The van der Waals surface area contributed by atoms with Crippen molar-refractivity contribution in [1.29, 1.82) is 0 Å². The van der Waals surface area contributed by atoms with Gasteiger partial charge in [0.1, 0.15) is 0 Å². The third kappa shape index (κ3) is 2.24. The zero-order chi connectivity index (χ0) is 11.9. The third-order valence-electron chi connectivity index (χ3n) is 1.86. The lowest BCUT2D eigenvalue weighted by Crippen LogP contribution is -2.28. The molecule has 0 saturated carbocycles. The number of nitrogens with zero attached hydrogens (tertiary/aromatic N) is 2. The fourth-order valence-corrected chi connectivity index (χ4v) is 1.25. The molecule has 0 radical (unpaired) electrons. The van der Waals surface area contributed by atoms with Crippen LogP contribution in [0.25, 0.3) is 0 Å². The van der Waals surface area contributed by atoms with Gasteiger partial charge in [0.2, 0.25) is 0 Å². The highest BCUT2D eigenvalue weighted by atomic mass is 19.4. The maximum absolute atomic E-state index is 12.7. The summed E-state index contributed by atoms with van der Waals surface area (Å²) in [5.41, 5.74) is -1.58. The van der Waals surface area contributed by atoms with Gasteiger partial charge in [0.05, 0.1) is 18.8 Å². The van der Waals surface area contributed by atoms with Gasteiger partial charge in [0.15, 0.2) is 11.4 Å². The molecule has 0 atom stereocenters. The van der Waals surface area contributed by atoms with Crippen LogP contribution < -0.4 is 4.74 Å². The molecule has 0 aromatic carbocycles. The van der Waals surface area contributed by atoms with Crippen LogP contribution in [0, 0.1) is 0 Å². The Morgan fingerprint density at radius 1 is 1.27 bits per heavy atom. The Morgan fingerprint density at radius 3 is 2.13 bits per heavy atom. The molecule has 1 aromatic rings. The van der Waals surface area contributed by atoms with E-state index in [0.29, 0.717) is 0 Å². The number of hydrogen-bond donors (Lipinski definition) is 0. The van der Waals surface area contributed by atoms with Gasteiger partial charge in [0, 0.05) is 0 Å². The number of alkyl halides is 3. The van der Waals surface area contributed by atoms with Crippen molar-refractivity contribution >= 4 is 0 Å². The van der Waals surface area contributed by atoms with Gasteiger partial charge in [-0.25, -0.2) is 0 Å². The number of halogens is 3. The molecule has 0 unspecified atom stereocenters. The first-order valence-corrected chi connectivity index (χ1v) is 4.37. The van der Waals surface area contributed by atoms with E-state index in [-0.39, 0.29) is 5.75 Å². The molecular weight excluding hydrogens is 209 g/mol. The average Bonchev–Trinajstić information content (AvgIpc) is 2.44. The molecule has 1 heterocycles. The van der Waals surface area contributed by atoms with Crippen LogP contribution in [0.4, 0.5) is 13.2 Å². The topological polar surface area (TPSA) is 27.1 Å². The first kappa shape index (κ1) is 11.9. The summed E-state index contributed by atoms with van der Waals surface area (Å²) >= 11 is 0. The number of rotatable bonds is 1. The summed E-state index contributed by atoms with van der Waals surface area (Å²) in [6.07, 6.45) is -3.39. The van der Waals surface area contributed by atoms with Gasteiger partial charge in [-0.05, 0) is 20.8 Å². The van der Waals surface area contributed by atoms with Crippen molar-refractivity contribution in [2.75, 3.05) is 7.11 Å². The zero-order valence-corrected chi connectivity index (χ0v) is 9.01. The van der Waals surface area contributed by atoms with Crippen LogP contribution in [0.1, 0.15) is 26.5 Å². The minimum Gasteiger partial charge on any atom is -0.493 e. The lowest BCUT2D eigenvalue weighted by atomic mass is 10.1. The van der Waals surface area contributed by atoms with Gasteiger partial charge in [-0.1, -0.05) is 0 Å². The molecule has 0 N–H and O–H groups in total. The Labute approximate surface area is 85.8 Å². The fraction of sp³-hybridized carbons (Fsp3) is 0.667. The maximum atomic E-state index is 12.7. The normalized spacial score (nSPS) is 13.0. The second-order valence-electron chi connectivity index (χ2n) is 4.14. The molecule has 0 aliphatic heterocycles. The van der Waals surface area contributed by atoms with Crippen LogP contribution in [0.5, 0.6) is 5.75 Å². The smallest absolute Gasteiger partial charge is 0.436 e. The van der Waals surface area contributed by atoms with E-state index in [1.807, 2.05) is 0 Å². The molecule has 0 bridgehead atoms. The molecule has 0 fully saturated rings. The molecular formula is C9H13F3N2O. The van der Waals surface area contributed by atoms with Crippen LogP contribution in [-0.2, 0) is 11.7 Å². The summed E-state index contributed by atoms with van der Waals surface area (Å²) in [5, 5.41) is 3.70. The van der Waals surface area contributed by atoms with E-state index in [4.69, 9.17) is 0 Å². The van der Waals surface area contributed by atoms with E-state index in [0.717, 1.165) is 10.9 Å². The molecule has 86 valence electrons. The quantitative estimate of drug-likeness (QED) is 0.730. The van der Waals surface area contributed by atoms with Crippen molar-refractivity contribution in [2.24, 2.45) is 0 Å². The minimum atomic E-state index is -4.46. The van der Waals surface area contributed by atoms with Crippen LogP contribution in [0.15, 0.2) is 6.20 Å².